The first kappa shape index (κ1) is 24.0. The summed E-state index contributed by atoms with van der Waals surface area (Å²) in [6.45, 7) is 1.92. The van der Waals surface area contributed by atoms with Crippen LogP contribution in [0.1, 0.15) is 47.7 Å². The van der Waals surface area contributed by atoms with Crippen LogP contribution in [0.4, 0.5) is 5.69 Å². The summed E-state index contributed by atoms with van der Waals surface area (Å²) in [5, 5.41) is 21.2. The summed E-state index contributed by atoms with van der Waals surface area (Å²) in [6, 6.07) is 14.1. The van der Waals surface area contributed by atoms with Gasteiger partial charge in [0.1, 0.15) is 12.4 Å². The minimum atomic E-state index is -0.871. The molecule has 0 atom stereocenters. The van der Waals surface area contributed by atoms with E-state index in [4.69, 9.17) is 4.84 Å². The summed E-state index contributed by atoms with van der Waals surface area (Å²) in [5.74, 6) is -1.25. The number of nitrogens with zero attached hydrogens (tertiary/aromatic N) is 5. The summed E-state index contributed by atoms with van der Waals surface area (Å²) >= 11 is 0. The van der Waals surface area contributed by atoms with Gasteiger partial charge in [-0.1, -0.05) is 43.7 Å². The molecule has 2 aromatic carbocycles. The van der Waals surface area contributed by atoms with Crippen molar-refractivity contribution in [1.29, 1.82) is 5.26 Å². The molecule has 3 aromatic rings. The Balaban J connectivity index is 1.80. The SMILES string of the molecule is CCCCC(=O)N(Cc1ccc(-c2ncncc2C#N)cc1)OC(=O)c1cccc([N+](=O)[O-])c1. The lowest BCUT2D eigenvalue weighted by Crippen LogP contribution is -2.33. The van der Waals surface area contributed by atoms with Crippen molar-refractivity contribution in [2.45, 2.75) is 32.7 Å². The van der Waals surface area contributed by atoms with Gasteiger partial charge >= 0.3 is 5.97 Å². The van der Waals surface area contributed by atoms with Gasteiger partial charge in [0.2, 0.25) is 0 Å². The zero-order valence-electron chi connectivity index (χ0n) is 18.4. The number of nitriles is 1. The average Bonchev–Trinajstić information content (AvgIpc) is 2.87. The smallest absolute Gasteiger partial charge is 0.332 e. The normalized spacial score (nSPS) is 10.2. The number of hydrogen-bond acceptors (Lipinski definition) is 8. The molecule has 0 bridgehead atoms. The molecule has 1 amide bonds. The molecule has 0 saturated carbocycles. The number of unbranched alkanes of at least 4 members (excludes halogenated alkanes) is 1. The Labute approximate surface area is 195 Å². The third kappa shape index (κ3) is 5.98. The number of carbonyl (C=O) groups is 2. The molecular formula is C24H21N5O5. The minimum absolute atomic E-state index is 0.0155. The van der Waals surface area contributed by atoms with E-state index in [9.17, 15) is 25.0 Å². The van der Waals surface area contributed by atoms with Crippen LogP contribution in [0.3, 0.4) is 0 Å². The Hall–Kier alpha value is -4.65. The first-order valence-corrected chi connectivity index (χ1v) is 10.5. The van der Waals surface area contributed by atoms with Crippen molar-refractivity contribution < 1.29 is 19.3 Å². The molecule has 0 aliphatic heterocycles. The topological polar surface area (TPSA) is 139 Å². The Morgan fingerprint density at radius 1 is 1.21 bits per heavy atom. The minimum Gasteiger partial charge on any atom is -0.332 e. The maximum Gasteiger partial charge on any atom is 0.363 e. The number of aromatic nitrogens is 2. The van der Waals surface area contributed by atoms with Crippen LogP contribution in [0.5, 0.6) is 0 Å². The number of nitro benzene ring substituents is 1. The van der Waals surface area contributed by atoms with Crippen LogP contribution in [0.25, 0.3) is 11.3 Å². The van der Waals surface area contributed by atoms with Crippen LogP contribution < -0.4 is 0 Å². The van der Waals surface area contributed by atoms with E-state index < -0.39 is 10.9 Å². The number of benzene rings is 2. The molecule has 0 N–H and O–H groups in total. The molecule has 0 saturated heterocycles. The molecule has 0 spiro atoms. The second kappa shape index (κ2) is 11.3. The molecule has 172 valence electrons. The van der Waals surface area contributed by atoms with Gasteiger partial charge in [-0.05, 0) is 18.1 Å². The monoisotopic (exact) mass is 459 g/mol. The quantitative estimate of drug-likeness (QED) is 0.360. The lowest BCUT2D eigenvalue weighted by atomic mass is 10.1. The Bertz CT molecular complexity index is 1240. The summed E-state index contributed by atoms with van der Waals surface area (Å²) in [4.78, 5) is 49.1. The van der Waals surface area contributed by atoms with Crippen molar-refractivity contribution in [3.63, 3.8) is 0 Å². The maximum absolute atomic E-state index is 12.7. The van der Waals surface area contributed by atoms with E-state index >= 15 is 0 Å². The number of hydrogen-bond donors (Lipinski definition) is 0. The molecule has 1 heterocycles. The second-order valence-corrected chi connectivity index (χ2v) is 7.31. The molecule has 1 aromatic heterocycles. The van der Waals surface area contributed by atoms with Gasteiger partial charge < -0.3 is 4.84 Å². The second-order valence-electron chi connectivity index (χ2n) is 7.31. The van der Waals surface area contributed by atoms with Crippen molar-refractivity contribution in [3.05, 3.63) is 87.9 Å². The van der Waals surface area contributed by atoms with Gasteiger partial charge in [0, 0.05) is 30.3 Å². The van der Waals surface area contributed by atoms with Crippen LogP contribution in [-0.4, -0.2) is 31.8 Å². The lowest BCUT2D eigenvalue weighted by Gasteiger charge is -2.21. The molecule has 10 nitrogen and oxygen atoms in total. The maximum atomic E-state index is 12.7. The fraction of sp³-hybridized carbons (Fsp3) is 0.208. The van der Waals surface area contributed by atoms with Crippen LogP contribution in [0.15, 0.2) is 61.1 Å². The fourth-order valence-corrected chi connectivity index (χ4v) is 3.10. The van der Waals surface area contributed by atoms with E-state index in [1.165, 1.54) is 30.7 Å². The molecule has 3 rings (SSSR count). The first-order chi connectivity index (χ1) is 16.4. The third-order valence-electron chi connectivity index (χ3n) is 4.89. The highest BCUT2D eigenvalue weighted by Crippen LogP contribution is 2.22. The third-order valence-corrected chi connectivity index (χ3v) is 4.89. The number of nitro groups is 1. The molecule has 10 heteroatoms. The van der Waals surface area contributed by atoms with Crippen LogP contribution >= 0.6 is 0 Å². The molecule has 0 radical (unpaired) electrons. The predicted octanol–water partition coefficient (Wildman–Crippen LogP) is 4.21. The molecule has 0 unspecified atom stereocenters. The molecule has 0 aliphatic rings. The largest absolute Gasteiger partial charge is 0.363 e. The van der Waals surface area contributed by atoms with Crippen molar-refractivity contribution in [3.8, 4) is 17.3 Å². The summed E-state index contributed by atoms with van der Waals surface area (Å²) in [5.41, 5.74) is 1.89. The Morgan fingerprint density at radius 3 is 2.65 bits per heavy atom. The van der Waals surface area contributed by atoms with Crippen molar-refractivity contribution >= 4 is 17.6 Å². The highest BCUT2D eigenvalue weighted by molar-refractivity contribution is 5.91. The number of rotatable bonds is 8. The van der Waals surface area contributed by atoms with E-state index in [0.717, 1.165) is 17.6 Å². The molecule has 0 fully saturated rings. The zero-order valence-corrected chi connectivity index (χ0v) is 18.4. The number of hydroxylamine groups is 2. The van der Waals surface area contributed by atoms with E-state index in [1.54, 1.807) is 24.3 Å². The van der Waals surface area contributed by atoms with E-state index in [0.29, 0.717) is 28.8 Å². The highest BCUT2D eigenvalue weighted by atomic mass is 16.7. The van der Waals surface area contributed by atoms with Crippen LogP contribution in [-0.2, 0) is 16.2 Å². The standard InChI is InChI=1S/C24H21N5O5/c1-2-3-7-22(30)28(34-24(31)19-5-4-6-21(12-19)29(32)33)15-17-8-10-18(11-9-17)23-20(13-25)14-26-16-27-23/h4-6,8-12,14,16H,2-3,7,15H2,1H3. The van der Waals surface area contributed by atoms with Crippen molar-refractivity contribution in [2.75, 3.05) is 0 Å². The van der Waals surface area contributed by atoms with E-state index in [-0.39, 0.29) is 30.1 Å². The van der Waals surface area contributed by atoms with Gasteiger partial charge in [-0.3, -0.25) is 14.9 Å². The van der Waals surface area contributed by atoms with Gasteiger partial charge in [0.05, 0.1) is 28.3 Å². The van der Waals surface area contributed by atoms with E-state index in [1.807, 2.05) is 13.0 Å². The number of amides is 1. The summed E-state index contributed by atoms with van der Waals surface area (Å²) < 4.78 is 0. The van der Waals surface area contributed by atoms with Gasteiger partial charge in [0.15, 0.2) is 0 Å². The van der Waals surface area contributed by atoms with Gasteiger partial charge in [-0.2, -0.15) is 10.3 Å². The Kier molecular flexibility index (Phi) is 7.97. The summed E-state index contributed by atoms with van der Waals surface area (Å²) in [7, 11) is 0. The predicted molar refractivity (Wildman–Crippen MR) is 121 cm³/mol. The summed E-state index contributed by atoms with van der Waals surface area (Å²) in [6.07, 6.45) is 4.37. The van der Waals surface area contributed by atoms with Crippen LogP contribution in [0.2, 0.25) is 0 Å². The number of non-ortho nitro benzene ring substituents is 1. The molecule has 34 heavy (non-hydrogen) atoms. The lowest BCUT2D eigenvalue weighted by molar-refractivity contribution is -0.384. The van der Waals surface area contributed by atoms with Gasteiger partial charge in [0.25, 0.3) is 11.6 Å². The first-order valence-electron chi connectivity index (χ1n) is 10.5. The Morgan fingerprint density at radius 2 is 1.97 bits per heavy atom. The van der Waals surface area contributed by atoms with Crippen LogP contribution in [0, 0.1) is 21.4 Å². The highest BCUT2D eigenvalue weighted by Gasteiger charge is 2.21. The fourth-order valence-electron chi connectivity index (χ4n) is 3.10. The van der Waals surface area contributed by atoms with Gasteiger partial charge in [-0.15, -0.1) is 0 Å². The van der Waals surface area contributed by atoms with E-state index in [2.05, 4.69) is 9.97 Å². The molecule has 0 aliphatic carbocycles. The molecular weight excluding hydrogens is 438 g/mol. The zero-order chi connectivity index (χ0) is 24.5. The number of carbonyl (C=O) groups excluding carboxylic acids is 2. The average molecular weight is 459 g/mol. The van der Waals surface area contributed by atoms with Crippen molar-refractivity contribution in [1.82, 2.24) is 15.0 Å². The van der Waals surface area contributed by atoms with Crippen molar-refractivity contribution in [2.24, 2.45) is 0 Å². The van der Waals surface area contributed by atoms with Gasteiger partial charge in [-0.25, -0.2) is 14.8 Å².